The number of hydrogen-bond donors (Lipinski definition) is 2. The second-order valence-electron chi connectivity index (χ2n) is 6.70. The van der Waals surface area contributed by atoms with Gasteiger partial charge < -0.3 is 19.9 Å². The molecule has 4 rings (SSSR count). The topological polar surface area (TPSA) is 94.7 Å². The van der Waals surface area contributed by atoms with Crippen molar-refractivity contribution in [2.24, 2.45) is 7.05 Å². The van der Waals surface area contributed by atoms with E-state index in [1.165, 1.54) is 0 Å². The van der Waals surface area contributed by atoms with Crippen molar-refractivity contribution in [1.29, 1.82) is 0 Å². The van der Waals surface area contributed by atoms with Crippen LogP contribution in [-0.4, -0.2) is 36.4 Å². The van der Waals surface area contributed by atoms with E-state index in [-0.39, 0.29) is 6.04 Å². The number of ether oxygens (including phenoxy) is 1. The Hall–Kier alpha value is -3.62. The fourth-order valence-electron chi connectivity index (χ4n) is 2.89. The van der Waals surface area contributed by atoms with E-state index in [0.717, 1.165) is 22.8 Å². The minimum Gasteiger partial charge on any atom is -0.497 e. The lowest BCUT2D eigenvalue weighted by atomic mass is 10.3. The fourth-order valence-corrected chi connectivity index (χ4v) is 2.89. The molecule has 0 saturated heterocycles. The first kappa shape index (κ1) is 17.8. The summed E-state index contributed by atoms with van der Waals surface area (Å²) in [6.07, 6.45) is 5.40. The molecule has 0 saturated carbocycles. The van der Waals surface area contributed by atoms with Crippen molar-refractivity contribution in [2.45, 2.75) is 19.9 Å². The molecule has 3 heterocycles. The van der Waals surface area contributed by atoms with Crippen LogP contribution in [0.15, 0.2) is 43.0 Å². The molecule has 9 heteroatoms. The van der Waals surface area contributed by atoms with Crippen LogP contribution >= 0.6 is 0 Å². The largest absolute Gasteiger partial charge is 0.497 e. The number of hydrogen-bond acceptors (Lipinski definition) is 7. The quantitative estimate of drug-likeness (QED) is 0.529. The normalized spacial score (nSPS) is 11.2. The first-order valence-electron chi connectivity index (χ1n) is 8.95. The lowest BCUT2D eigenvalue weighted by Gasteiger charge is -2.12. The summed E-state index contributed by atoms with van der Waals surface area (Å²) in [6, 6.07) is 7.84. The molecule has 0 unspecified atom stereocenters. The summed E-state index contributed by atoms with van der Waals surface area (Å²) < 4.78 is 9.03. The first-order valence-corrected chi connectivity index (χ1v) is 8.95. The lowest BCUT2D eigenvalue weighted by molar-refractivity contribution is 0.415. The standard InChI is InChI=1S/C19H22N8O/c1-12(2)27-11-20-16-17(22-14-9-21-26(3)10-14)24-19(25-18(16)27)23-13-6-5-7-15(8-13)28-4/h5-12H,1-4H3,(H2,22,23,24,25). The van der Waals surface area contributed by atoms with Crippen LogP contribution in [0.25, 0.3) is 11.2 Å². The molecule has 0 aliphatic carbocycles. The molecule has 0 aliphatic rings. The number of imidazole rings is 1. The highest BCUT2D eigenvalue weighted by Crippen LogP contribution is 2.27. The molecule has 0 aliphatic heterocycles. The van der Waals surface area contributed by atoms with Crippen LogP contribution in [0.3, 0.4) is 0 Å². The summed E-state index contributed by atoms with van der Waals surface area (Å²) in [5.41, 5.74) is 3.12. The van der Waals surface area contributed by atoms with Gasteiger partial charge in [-0.15, -0.1) is 0 Å². The molecule has 3 aromatic heterocycles. The fraction of sp³-hybridized carbons (Fsp3) is 0.263. The third-order valence-corrected chi connectivity index (χ3v) is 4.27. The molecule has 1 aromatic carbocycles. The van der Waals surface area contributed by atoms with E-state index in [2.05, 4.69) is 39.5 Å². The van der Waals surface area contributed by atoms with Gasteiger partial charge in [0, 0.05) is 31.0 Å². The average Bonchev–Trinajstić information content (AvgIpc) is 3.28. The number of fused-ring (bicyclic) bond motifs is 1. The summed E-state index contributed by atoms with van der Waals surface area (Å²) in [5.74, 6) is 1.84. The molecule has 2 N–H and O–H groups in total. The molecular weight excluding hydrogens is 356 g/mol. The predicted molar refractivity (Wildman–Crippen MR) is 108 cm³/mol. The molecule has 0 spiro atoms. The monoisotopic (exact) mass is 378 g/mol. The highest BCUT2D eigenvalue weighted by atomic mass is 16.5. The summed E-state index contributed by atoms with van der Waals surface area (Å²) >= 11 is 0. The molecule has 0 atom stereocenters. The number of methoxy groups -OCH3 is 1. The number of aryl methyl sites for hydroxylation is 1. The van der Waals surface area contributed by atoms with Gasteiger partial charge in [-0.1, -0.05) is 6.07 Å². The Kier molecular flexibility index (Phi) is 4.56. The number of anilines is 4. The lowest BCUT2D eigenvalue weighted by Crippen LogP contribution is -2.05. The number of rotatable bonds is 6. The maximum absolute atomic E-state index is 5.29. The van der Waals surface area contributed by atoms with Crippen LogP contribution in [0.4, 0.5) is 23.1 Å². The number of nitrogens with one attached hydrogen (secondary N) is 2. The number of benzene rings is 1. The molecule has 9 nitrogen and oxygen atoms in total. The molecular formula is C19H22N8O. The second kappa shape index (κ2) is 7.18. The minimum absolute atomic E-state index is 0.218. The van der Waals surface area contributed by atoms with Gasteiger partial charge in [0.2, 0.25) is 5.95 Å². The van der Waals surface area contributed by atoms with Crippen molar-refractivity contribution < 1.29 is 4.74 Å². The molecule has 0 bridgehead atoms. The van der Waals surface area contributed by atoms with Crippen molar-refractivity contribution in [3.05, 3.63) is 43.0 Å². The van der Waals surface area contributed by atoms with Crippen LogP contribution in [0, 0.1) is 0 Å². The first-order chi connectivity index (χ1) is 13.5. The van der Waals surface area contributed by atoms with Gasteiger partial charge in [-0.05, 0) is 26.0 Å². The summed E-state index contributed by atoms with van der Waals surface area (Å²) in [7, 11) is 3.50. The van der Waals surface area contributed by atoms with Gasteiger partial charge in [0.1, 0.15) is 5.75 Å². The molecule has 0 amide bonds. The summed E-state index contributed by atoms with van der Waals surface area (Å²) in [6.45, 7) is 4.18. The van der Waals surface area contributed by atoms with Crippen molar-refractivity contribution in [2.75, 3.05) is 17.7 Å². The summed E-state index contributed by atoms with van der Waals surface area (Å²) in [4.78, 5) is 13.9. The van der Waals surface area contributed by atoms with E-state index in [1.54, 1.807) is 24.3 Å². The van der Waals surface area contributed by atoms with E-state index >= 15 is 0 Å². The van der Waals surface area contributed by atoms with Crippen molar-refractivity contribution in [3.63, 3.8) is 0 Å². The van der Waals surface area contributed by atoms with Crippen molar-refractivity contribution in [1.82, 2.24) is 29.3 Å². The van der Waals surface area contributed by atoms with Gasteiger partial charge in [-0.3, -0.25) is 4.68 Å². The maximum atomic E-state index is 5.29. The van der Waals surface area contributed by atoms with E-state index < -0.39 is 0 Å². The van der Waals surface area contributed by atoms with E-state index in [9.17, 15) is 0 Å². The third-order valence-electron chi connectivity index (χ3n) is 4.27. The highest BCUT2D eigenvalue weighted by Gasteiger charge is 2.16. The van der Waals surface area contributed by atoms with Crippen molar-refractivity contribution in [3.8, 4) is 5.75 Å². The van der Waals surface area contributed by atoms with E-state index in [4.69, 9.17) is 9.72 Å². The van der Waals surface area contributed by atoms with Crippen LogP contribution in [0.5, 0.6) is 5.75 Å². The van der Waals surface area contributed by atoms with Crippen LogP contribution in [-0.2, 0) is 7.05 Å². The third kappa shape index (κ3) is 3.46. The van der Waals surface area contributed by atoms with Gasteiger partial charge in [0.15, 0.2) is 17.0 Å². The second-order valence-corrected chi connectivity index (χ2v) is 6.70. The smallest absolute Gasteiger partial charge is 0.231 e. The Morgan fingerprint density at radius 3 is 2.68 bits per heavy atom. The van der Waals surface area contributed by atoms with Crippen LogP contribution in [0.2, 0.25) is 0 Å². The van der Waals surface area contributed by atoms with Gasteiger partial charge in [0.05, 0.1) is 25.3 Å². The minimum atomic E-state index is 0.218. The molecule has 4 aromatic rings. The highest BCUT2D eigenvalue weighted by molar-refractivity contribution is 5.87. The Bertz CT molecular complexity index is 1110. The molecule has 144 valence electrons. The van der Waals surface area contributed by atoms with Gasteiger partial charge in [0.25, 0.3) is 0 Å². The number of nitrogens with zero attached hydrogens (tertiary/aromatic N) is 6. The summed E-state index contributed by atoms with van der Waals surface area (Å²) in [5, 5.41) is 10.7. The number of aromatic nitrogens is 6. The van der Waals surface area contributed by atoms with Crippen LogP contribution < -0.4 is 15.4 Å². The van der Waals surface area contributed by atoms with Gasteiger partial charge in [-0.2, -0.15) is 15.1 Å². The van der Waals surface area contributed by atoms with Crippen molar-refractivity contribution >= 4 is 34.3 Å². The zero-order valence-corrected chi connectivity index (χ0v) is 16.2. The molecule has 28 heavy (non-hydrogen) atoms. The zero-order valence-electron chi connectivity index (χ0n) is 16.2. The van der Waals surface area contributed by atoms with E-state index in [1.807, 2.05) is 42.1 Å². The van der Waals surface area contributed by atoms with Gasteiger partial charge in [-0.25, -0.2) is 4.98 Å². The Morgan fingerprint density at radius 2 is 1.96 bits per heavy atom. The molecule has 0 radical (unpaired) electrons. The SMILES string of the molecule is COc1cccc(Nc2nc(Nc3cnn(C)c3)c3ncn(C(C)C)c3n2)c1. The Labute approximate surface area is 162 Å². The Morgan fingerprint density at radius 1 is 1.11 bits per heavy atom. The van der Waals surface area contributed by atoms with E-state index in [0.29, 0.717) is 17.3 Å². The average molecular weight is 378 g/mol. The Balaban J connectivity index is 1.78. The maximum Gasteiger partial charge on any atom is 0.231 e. The van der Waals surface area contributed by atoms with Crippen LogP contribution in [0.1, 0.15) is 19.9 Å². The molecule has 0 fully saturated rings. The van der Waals surface area contributed by atoms with Gasteiger partial charge >= 0.3 is 0 Å². The predicted octanol–water partition coefficient (Wildman–Crippen LogP) is 3.64. The zero-order chi connectivity index (χ0) is 19.7.